The first-order valence-corrected chi connectivity index (χ1v) is 6.27. The summed E-state index contributed by atoms with van der Waals surface area (Å²) in [5.74, 6) is 0. The third kappa shape index (κ3) is 3.49. The number of aryl methyl sites for hydroxylation is 1. The quantitative estimate of drug-likeness (QED) is 0.878. The summed E-state index contributed by atoms with van der Waals surface area (Å²) in [5, 5.41) is 13.9. The highest BCUT2D eigenvalue weighted by Gasteiger charge is 2.06. The third-order valence-electron chi connectivity index (χ3n) is 2.77. The maximum Gasteiger partial charge on any atom is 0.0962 e. The van der Waals surface area contributed by atoms with Crippen LogP contribution in [0.25, 0.3) is 0 Å². The molecule has 0 aliphatic carbocycles. The Morgan fingerprint density at radius 3 is 2.56 bits per heavy atom. The van der Waals surface area contributed by atoms with Gasteiger partial charge in [0, 0.05) is 17.3 Å². The fraction of sp³-hybridized carbons (Fsp3) is 0.200. The van der Waals surface area contributed by atoms with Gasteiger partial charge in [-0.3, -0.25) is 0 Å². The molecule has 0 aliphatic rings. The fourth-order valence-corrected chi connectivity index (χ4v) is 1.90. The van der Waals surface area contributed by atoms with E-state index in [1.165, 1.54) is 5.56 Å². The van der Waals surface area contributed by atoms with Gasteiger partial charge in [-0.2, -0.15) is 0 Å². The molecule has 0 fully saturated rings. The van der Waals surface area contributed by atoms with Gasteiger partial charge in [-0.15, -0.1) is 0 Å². The van der Waals surface area contributed by atoms with Crippen molar-refractivity contribution in [3.8, 4) is 0 Å². The van der Waals surface area contributed by atoms with Gasteiger partial charge in [0.15, 0.2) is 0 Å². The lowest BCUT2D eigenvalue weighted by atomic mass is 10.1. The van der Waals surface area contributed by atoms with E-state index in [-0.39, 0.29) is 0 Å². The summed E-state index contributed by atoms with van der Waals surface area (Å²) in [7, 11) is 0. The fourth-order valence-electron chi connectivity index (χ4n) is 1.77. The maximum atomic E-state index is 10.0. The van der Waals surface area contributed by atoms with E-state index in [9.17, 15) is 5.11 Å². The first kappa shape index (κ1) is 12.9. The average molecular weight is 262 g/mol. The Balaban J connectivity index is 1.96. The molecule has 2 rings (SSSR count). The van der Waals surface area contributed by atoms with Gasteiger partial charge in [0.05, 0.1) is 6.10 Å². The number of aliphatic hydroxyl groups excluding tert-OH is 1. The van der Waals surface area contributed by atoms with Crippen molar-refractivity contribution in [1.82, 2.24) is 0 Å². The lowest BCUT2D eigenvalue weighted by Crippen LogP contribution is -2.12. The monoisotopic (exact) mass is 261 g/mol. The summed E-state index contributed by atoms with van der Waals surface area (Å²) in [4.78, 5) is 0. The van der Waals surface area contributed by atoms with E-state index in [0.717, 1.165) is 11.3 Å². The Morgan fingerprint density at radius 1 is 1.17 bits per heavy atom. The predicted molar refractivity (Wildman–Crippen MR) is 76.1 cm³/mol. The number of halogens is 1. The van der Waals surface area contributed by atoms with Crippen molar-refractivity contribution in [3.63, 3.8) is 0 Å². The van der Waals surface area contributed by atoms with E-state index in [1.54, 1.807) is 12.1 Å². The molecule has 18 heavy (non-hydrogen) atoms. The molecule has 0 amide bonds. The lowest BCUT2D eigenvalue weighted by Gasteiger charge is -2.13. The molecule has 0 saturated heterocycles. The molecule has 1 atom stereocenters. The number of aliphatic hydroxyl groups is 1. The minimum atomic E-state index is -0.539. The molecule has 0 spiro atoms. The van der Waals surface area contributed by atoms with Crippen molar-refractivity contribution >= 4 is 17.3 Å². The second-order valence-corrected chi connectivity index (χ2v) is 4.75. The summed E-state index contributed by atoms with van der Waals surface area (Å²) in [6, 6.07) is 15.3. The van der Waals surface area contributed by atoms with Crippen LogP contribution in [-0.2, 0) is 0 Å². The predicted octanol–water partition coefficient (Wildman–Crippen LogP) is 3.79. The first-order chi connectivity index (χ1) is 8.65. The van der Waals surface area contributed by atoms with Crippen molar-refractivity contribution in [3.05, 3.63) is 64.7 Å². The number of rotatable bonds is 4. The van der Waals surface area contributed by atoms with Crippen LogP contribution in [0.15, 0.2) is 48.5 Å². The Bertz CT molecular complexity index is 510. The van der Waals surface area contributed by atoms with Crippen LogP contribution < -0.4 is 5.32 Å². The lowest BCUT2D eigenvalue weighted by molar-refractivity contribution is 0.191. The van der Waals surface area contributed by atoms with E-state index in [0.29, 0.717) is 11.6 Å². The Labute approximate surface area is 112 Å². The van der Waals surface area contributed by atoms with E-state index in [4.69, 9.17) is 11.6 Å². The normalized spacial score (nSPS) is 12.2. The van der Waals surface area contributed by atoms with Crippen LogP contribution in [0.5, 0.6) is 0 Å². The molecule has 2 aromatic carbocycles. The van der Waals surface area contributed by atoms with E-state index >= 15 is 0 Å². The molecule has 2 nitrogen and oxygen atoms in total. The van der Waals surface area contributed by atoms with Gasteiger partial charge in [0.1, 0.15) is 0 Å². The number of benzene rings is 2. The van der Waals surface area contributed by atoms with Crippen molar-refractivity contribution in [2.75, 3.05) is 11.9 Å². The van der Waals surface area contributed by atoms with Crippen LogP contribution in [-0.4, -0.2) is 11.7 Å². The van der Waals surface area contributed by atoms with Gasteiger partial charge in [-0.05, 0) is 42.3 Å². The second kappa shape index (κ2) is 5.89. The van der Waals surface area contributed by atoms with Crippen LogP contribution in [0.4, 0.5) is 5.69 Å². The number of hydrogen-bond donors (Lipinski definition) is 2. The average Bonchev–Trinajstić information content (AvgIpc) is 2.37. The zero-order valence-electron chi connectivity index (χ0n) is 10.2. The van der Waals surface area contributed by atoms with Gasteiger partial charge < -0.3 is 10.4 Å². The summed E-state index contributed by atoms with van der Waals surface area (Å²) in [5.41, 5.74) is 3.07. The number of anilines is 1. The molecule has 1 unspecified atom stereocenters. The standard InChI is InChI=1S/C15H16ClNO/c1-11-3-2-4-14(9-11)17-10-15(18)12-5-7-13(16)8-6-12/h2-9,15,17-18H,10H2,1H3. The van der Waals surface area contributed by atoms with Crippen LogP contribution >= 0.6 is 11.6 Å². The van der Waals surface area contributed by atoms with Crippen LogP contribution in [0.3, 0.4) is 0 Å². The largest absolute Gasteiger partial charge is 0.387 e. The minimum absolute atomic E-state index is 0.477. The van der Waals surface area contributed by atoms with Crippen molar-refractivity contribution < 1.29 is 5.11 Å². The molecule has 0 radical (unpaired) electrons. The SMILES string of the molecule is Cc1cccc(NCC(O)c2ccc(Cl)cc2)c1. The van der Waals surface area contributed by atoms with Gasteiger partial charge in [-0.1, -0.05) is 35.9 Å². The smallest absolute Gasteiger partial charge is 0.0962 e. The molecule has 0 saturated carbocycles. The second-order valence-electron chi connectivity index (χ2n) is 4.32. The molecule has 0 bridgehead atoms. The topological polar surface area (TPSA) is 32.3 Å². The number of nitrogens with one attached hydrogen (secondary N) is 1. The van der Waals surface area contributed by atoms with Crippen molar-refractivity contribution in [2.24, 2.45) is 0 Å². The van der Waals surface area contributed by atoms with Gasteiger partial charge >= 0.3 is 0 Å². The zero-order valence-corrected chi connectivity index (χ0v) is 11.0. The van der Waals surface area contributed by atoms with Crippen molar-refractivity contribution in [2.45, 2.75) is 13.0 Å². The van der Waals surface area contributed by atoms with Crippen LogP contribution in [0.1, 0.15) is 17.2 Å². The molecule has 0 aromatic heterocycles. The highest BCUT2D eigenvalue weighted by molar-refractivity contribution is 6.30. The highest BCUT2D eigenvalue weighted by Crippen LogP contribution is 2.17. The molecule has 2 N–H and O–H groups in total. The van der Waals surface area contributed by atoms with Crippen LogP contribution in [0.2, 0.25) is 5.02 Å². The zero-order chi connectivity index (χ0) is 13.0. The maximum absolute atomic E-state index is 10.0. The summed E-state index contributed by atoms with van der Waals surface area (Å²) in [6.07, 6.45) is -0.539. The molecule has 0 aliphatic heterocycles. The molecular formula is C15H16ClNO. The Kier molecular flexibility index (Phi) is 4.24. The highest BCUT2D eigenvalue weighted by atomic mass is 35.5. The molecule has 94 valence electrons. The Morgan fingerprint density at radius 2 is 1.89 bits per heavy atom. The summed E-state index contributed by atoms with van der Waals surface area (Å²) >= 11 is 5.81. The Hall–Kier alpha value is -1.51. The first-order valence-electron chi connectivity index (χ1n) is 5.89. The third-order valence-corrected chi connectivity index (χ3v) is 3.02. The molecule has 3 heteroatoms. The number of hydrogen-bond acceptors (Lipinski definition) is 2. The van der Waals surface area contributed by atoms with Gasteiger partial charge in [0.25, 0.3) is 0 Å². The molecule has 0 heterocycles. The molecular weight excluding hydrogens is 246 g/mol. The summed E-state index contributed by atoms with van der Waals surface area (Å²) < 4.78 is 0. The molecule has 2 aromatic rings. The van der Waals surface area contributed by atoms with E-state index in [1.807, 2.05) is 37.3 Å². The van der Waals surface area contributed by atoms with Gasteiger partial charge in [-0.25, -0.2) is 0 Å². The van der Waals surface area contributed by atoms with E-state index in [2.05, 4.69) is 11.4 Å². The van der Waals surface area contributed by atoms with Crippen molar-refractivity contribution in [1.29, 1.82) is 0 Å². The minimum Gasteiger partial charge on any atom is -0.387 e. The summed E-state index contributed by atoms with van der Waals surface area (Å²) in [6.45, 7) is 2.52. The van der Waals surface area contributed by atoms with E-state index < -0.39 is 6.10 Å². The van der Waals surface area contributed by atoms with Crippen LogP contribution in [0, 0.1) is 6.92 Å². The van der Waals surface area contributed by atoms with Gasteiger partial charge in [0.2, 0.25) is 0 Å².